The minimum absolute atomic E-state index is 0.00222. The van der Waals surface area contributed by atoms with Crippen LogP contribution in [0.15, 0.2) is 18.3 Å². The fourth-order valence-corrected chi connectivity index (χ4v) is 1.59. The van der Waals surface area contributed by atoms with Crippen LogP contribution in [0.3, 0.4) is 0 Å². The zero-order chi connectivity index (χ0) is 14.0. The Morgan fingerprint density at radius 1 is 1.37 bits per heavy atom. The van der Waals surface area contributed by atoms with Gasteiger partial charge in [0.05, 0.1) is 19.0 Å². The van der Waals surface area contributed by atoms with Crippen LogP contribution in [0, 0.1) is 11.6 Å². The molecule has 2 N–H and O–H groups in total. The number of amides is 1. The topological polar surface area (TPSA) is 67.0 Å². The maximum Gasteiger partial charge on any atom is 0.223 e. The van der Waals surface area contributed by atoms with Crippen molar-refractivity contribution in [3.63, 3.8) is 0 Å². The number of H-pyrrole nitrogens is 1. The molecule has 0 aliphatic heterocycles. The molecule has 19 heavy (non-hydrogen) atoms. The van der Waals surface area contributed by atoms with E-state index in [2.05, 4.69) is 20.0 Å². The van der Waals surface area contributed by atoms with Gasteiger partial charge in [0.2, 0.25) is 17.7 Å². The molecule has 1 aromatic heterocycles. The molecule has 0 aliphatic rings. The first-order valence-corrected chi connectivity index (χ1v) is 5.38. The molecular weight excluding hydrogens is 256 g/mol. The van der Waals surface area contributed by atoms with Gasteiger partial charge in [-0.15, -0.1) is 0 Å². The maximum atomic E-state index is 13.8. The Labute approximate surface area is 107 Å². The van der Waals surface area contributed by atoms with Gasteiger partial charge in [0.1, 0.15) is 0 Å². The Bertz CT molecular complexity index is 625. The van der Waals surface area contributed by atoms with Gasteiger partial charge in [0.25, 0.3) is 0 Å². The number of hydrogen-bond acceptors (Lipinski definition) is 3. The van der Waals surface area contributed by atoms with E-state index >= 15 is 0 Å². The predicted molar refractivity (Wildman–Crippen MR) is 64.8 cm³/mol. The molecule has 0 fully saturated rings. The number of imidazole rings is 1. The Morgan fingerprint density at radius 3 is 2.74 bits per heavy atom. The molecule has 5 nitrogen and oxygen atoms in total. The van der Waals surface area contributed by atoms with Crippen molar-refractivity contribution in [2.45, 2.75) is 6.92 Å². The van der Waals surface area contributed by atoms with Crippen LogP contribution in [0.5, 0.6) is 5.75 Å². The van der Waals surface area contributed by atoms with Gasteiger partial charge in [-0.05, 0) is 12.1 Å². The summed E-state index contributed by atoms with van der Waals surface area (Å²) >= 11 is 0. The highest BCUT2D eigenvalue weighted by Gasteiger charge is 2.16. The highest BCUT2D eigenvalue weighted by atomic mass is 19.2. The molecule has 0 saturated carbocycles. The first-order valence-electron chi connectivity index (χ1n) is 5.38. The second-order valence-electron chi connectivity index (χ2n) is 3.77. The summed E-state index contributed by atoms with van der Waals surface area (Å²) in [4.78, 5) is 17.4. The third-order valence-electron chi connectivity index (χ3n) is 2.43. The number of carbonyl (C=O) groups is 1. The number of ether oxygens (including phenoxy) is 1. The van der Waals surface area contributed by atoms with E-state index in [1.165, 1.54) is 32.4 Å². The Hall–Kier alpha value is -2.44. The number of aromatic amines is 1. The average molecular weight is 267 g/mol. The monoisotopic (exact) mass is 267 g/mol. The molecule has 2 rings (SSSR count). The largest absolute Gasteiger partial charge is 0.494 e. The lowest BCUT2D eigenvalue weighted by Crippen LogP contribution is -2.06. The van der Waals surface area contributed by atoms with Gasteiger partial charge < -0.3 is 9.72 Å². The molecule has 0 unspecified atom stereocenters. The molecule has 1 aromatic carbocycles. The zero-order valence-electron chi connectivity index (χ0n) is 10.3. The molecule has 0 spiro atoms. The lowest BCUT2D eigenvalue weighted by atomic mass is 10.1. The summed E-state index contributed by atoms with van der Waals surface area (Å²) in [5.74, 6) is -2.45. The summed E-state index contributed by atoms with van der Waals surface area (Å²) < 4.78 is 32.1. The minimum Gasteiger partial charge on any atom is -0.494 e. The Morgan fingerprint density at radius 2 is 2.11 bits per heavy atom. The molecule has 0 radical (unpaired) electrons. The summed E-state index contributed by atoms with van der Waals surface area (Å²) in [6, 6.07) is 2.68. The van der Waals surface area contributed by atoms with Crippen LogP contribution in [0.4, 0.5) is 14.7 Å². The van der Waals surface area contributed by atoms with Crippen molar-refractivity contribution >= 4 is 11.9 Å². The molecule has 2 aromatic rings. The quantitative estimate of drug-likeness (QED) is 0.896. The number of carbonyl (C=O) groups excluding carboxylic acids is 1. The van der Waals surface area contributed by atoms with Crippen LogP contribution in [0.25, 0.3) is 11.3 Å². The molecule has 0 saturated heterocycles. The third kappa shape index (κ3) is 2.54. The molecule has 0 bridgehead atoms. The fraction of sp³-hybridized carbons (Fsp3) is 0.167. The van der Waals surface area contributed by atoms with E-state index in [9.17, 15) is 13.6 Å². The van der Waals surface area contributed by atoms with Crippen molar-refractivity contribution in [3.8, 4) is 17.0 Å². The highest BCUT2D eigenvalue weighted by Crippen LogP contribution is 2.29. The molecule has 0 aliphatic carbocycles. The first-order chi connectivity index (χ1) is 9.02. The number of rotatable bonds is 3. The normalized spacial score (nSPS) is 10.3. The van der Waals surface area contributed by atoms with Gasteiger partial charge in [0.15, 0.2) is 11.6 Å². The minimum atomic E-state index is -1.07. The van der Waals surface area contributed by atoms with Crippen molar-refractivity contribution in [1.29, 1.82) is 0 Å². The van der Waals surface area contributed by atoms with Crippen LogP contribution in [-0.4, -0.2) is 23.0 Å². The van der Waals surface area contributed by atoms with Crippen LogP contribution in [0.2, 0.25) is 0 Å². The van der Waals surface area contributed by atoms with Gasteiger partial charge in [-0.3, -0.25) is 10.1 Å². The second-order valence-corrected chi connectivity index (χ2v) is 3.77. The molecule has 1 amide bonds. The van der Waals surface area contributed by atoms with E-state index in [4.69, 9.17) is 0 Å². The highest BCUT2D eigenvalue weighted by molar-refractivity contribution is 5.87. The maximum absolute atomic E-state index is 13.8. The zero-order valence-corrected chi connectivity index (χ0v) is 10.3. The Kier molecular flexibility index (Phi) is 3.46. The summed E-state index contributed by atoms with van der Waals surface area (Å²) in [7, 11) is 1.25. The van der Waals surface area contributed by atoms with Crippen molar-refractivity contribution in [3.05, 3.63) is 30.0 Å². The number of aromatic nitrogens is 2. The van der Waals surface area contributed by atoms with Gasteiger partial charge >= 0.3 is 0 Å². The van der Waals surface area contributed by atoms with E-state index in [1.54, 1.807) is 0 Å². The van der Waals surface area contributed by atoms with Crippen LogP contribution in [0.1, 0.15) is 6.92 Å². The van der Waals surface area contributed by atoms with Gasteiger partial charge in [-0.1, -0.05) is 0 Å². The number of nitrogens with zero attached hydrogens (tertiary/aromatic N) is 1. The molecule has 7 heteroatoms. The second kappa shape index (κ2) is 5.05. The van der Waals surface area contributed by atoms with Gasteiger partial charge in [0, 0.05) is 12.5 Å². The summed E-state index contributed by atoms with van der Waals surface area (Å²) in [6.07, 6.45) is 1.30. The lowest BCUT2D eigenvalue weighted by Gasteiger charge is -2.05. The van der Waals surface area contributed by atoms with E-state index < -0.39 is 11.6 Å². The van der Waals surface area contributed by atoms with Crippen molar-refractivity contribution in [2.75, 3.05) is 12.4 Å². The van der Waals surface area contributed by atoms with Crippen LogP contribution >= 0.6 is 0 Å². The van der Waals surface area contributed by atoms with E-state index in [1.807, 2.05) is 0 Å². The number of anilines is 1. The number of halogens is 2. The number of nitrogens with one attached hydrogen (secondary N) is 2. The standard InChI is InChI=1S/C12H11F2N3O2/c1-6(18)16-12-15-5-8(17-12)7-3-4-9(19-2)11(14)10(7)13/h3-5H,1-2H3,(H2,15,16,17,18). The van der Waals surface area contributed by atoms with Crippen LogP contribution in [-0.2, 0) is 4.79 Å². The third-order valence-corrected chi connectivity index (χ3v) is 2.43. The van der Waals surface area contributed by atoms with E-state index in [0.29, 0.717) is 0 Å². The van der Waals surface area contributed by atoms with Crippen molar-refractivity contribution < 1.29 is 18.3 Å². The summed E-state index contributed by atoms with van der Waals surface area (Å²) in [5, 5.41) is 2.41. The SMILES string of the molecule is COc1ccc(-c2cnc(NC(C)=O)[nH]2)c(F)c1F. The number of methoxy groups -OCH3 is 1. The van der Waals surface area contributed by atoms with Crippen LogP contribution < -0.4 is 10.1 Å². The predicted octanol–water partition coefficient (Wildman–Crippen LogP) is 2.32. The summed E-state index contributed by atoms with van der Waals surface area (Å²) in [6.45, 7) is 1.32. The van der Waals surface area contributed by atoms with Crippen molar-refractivity contribution in [1.82, 2.24) is 9.97 Å². The van der Waals surface area contributed by atoms with E-state index in [-0.39, 0.29) is 28.9 Å². The molecule has 0 atom stereocenters. The Balaban J connectivity index is 2.39. The molecule has 1 heterocycles. The number of benzene rings is 1. The fourth-order valence-electron chi connectivity index (χ4n) is 1.59. The smallest absolute Gasteiger partial charge is 0.223 e. The van der Waals surface area contributed by atoms with E-state index in [0.717, 1.165) is 0 Å². The summed E-state index contributed by atoms with van der Waals surface area (Å²) in [5.41, 5.74) is 0.255. The number of hydrogen-bond donors (Lipinski definition) is 2. The average Bonchev–Trinajstić information content (AvgIpc) is 2.80. The lowest BCUT2D eigenvalue weighted by molar-refractivity contribution is -0.114. The van der Waals surface area contributed by atoms with Gasteiger partial charge in [-0.2, -0.15) is 4.39 Å². The van der Waals surface area contributed by atoms with Gasteiger partial charge in [-0.25, -0.2) is 9.37 Å². The molecule has 100 valence electrons. The van der Waals surface area contributed by atoms with Crippen molar-refractivity contribution in [2.24, 2.45) is 0 Å². The first kappa shape index (κ1) is 13.0. The molecular formula is C12H11F2N3O2.